The molecule has 0 atom stereocenters. The van der Waals surface area contributed by atoms with Gasteiger partial charge in [0.05, 0.1) is 12.7 Å². The largest absolute Gasteiger partial charge is 0.497 e. The molecule has 20 heavy (non-hydrogen) atoms. The van der Waals surface area contributed by atoms with E-state index in [1.54, 1.807) is 19.2 Å². The molecular formula is C15H16N2O3. The molecule has 0 spiro atoms. The zero-order chi connectivity index (χ0) is 14.5. The number of benzene rings is 2. The molecule has 0 saturated heterocycles. The normalized spacial score (nSPS) is 10.1. The molecule has 4 N–H and O–H groups in total. The van der Waals surface area contributed by atoms with Crippen molar-refractivity contribution in [2.45, 2.75) is 6.54 Å². The Hall–Kier alpha value is -2.69. The lowest BCUT2D eigenvalue weighted by molar-refractivity contribution is 0.0698. The maximum Gasteiger partial charge on any atom is 0.337 e. The van der Waals surface area contributed by atoms with Crippen LogP contribution >= 0.6 is 0 Å². The number of nitrogen functional groups attached to an aromatic ring is 1. The fourth-order valence-electron chi connectivity index (χ4n) is 1.85. The van der Waals surface area contributed by atoms with Crippen LogP contribution in [0.15, 0.2) is 42.5 Å². The van der Waals surface area contributed by atoms with Gasteiger partial charge in [0.25, 0.3) is 0 Å². The van der Waals surface area contributed by atoms with Gasteiger partial charge in [0.15, 0.2) is 0 Å². The highest BCUT2D eigenvalue weighted by atomic mass is 16.5. The zero-order valence-electron chi connectivity index (χ0n) is 11.1. The topological polar surface area (TPSA) is 84.6 Å². The minimum atomic E-state index is -1.03. The summed E-state index contributed by atoms with van der Waals surface area (Å²) in [5.74, 6) is -0.230. The first-order chi connectivity index (χ1) is 9.60. The van der Waals surface area contributed by atoms with Gasteiger partial charge < -0.3 is 20.9 Å². The molecule has 0 radical (unpaired) electrons. The van der Waals surface area contributed by atoms with E-state index in [4.69, 9.17) is 15.6 Å². The second-order valence-electron chi connectivity index (χ2n) is 4.31. The number of methoxy groups -OCH3 is 1. The van der Waals surface area contributed by atoms with Gasteiger partial charge in [-0.15, -0.1) is 0 Å². The lowest BCUT2D eigenvalue weighted by Gasteiger charge is -2.09. The molecule has 0 aliphatic rings. The minimum Gasteiger partial charge on any atom is -0.497 e. The van der Waals surface area contributed by atoms with Gasteiger partial charge in [0.1, 0.15) is 5.75 Å². The predicted octanol–water partition coefficient (Wildman–Crippen LogP) is 2.59. The van der Waals surface area contributed by atoms with Crippen LogP contribution < -0.4 is 15.8 Å². The van der Waals surface area contributed by atoms with Gasteiger partial charge in [-0.1, -0.05) is 12.1 Å². The fourth-order valence-corrected chi connectivity index (χ4v) is 1.85. The van der Waals surface area contributed by atoms with E-state index < -0.39 is 5.97 Å². The summed E-state index contributed by atoms with van der Waals surface area (Å²) in [6, 6.07) is 12.5. The number of hydrogen-bond donors (Lipinski definition) is 3. The summed E-state index contributed by atoms with van der Waals surface area (Å²) in [4.78, 5) is 10.9. The SMILES string of the molecule is COc1cccc(CNc2ccc(C(=O)O)c(N)c2)c1. The molecule has 0 aliphatic carbocycles. The molecule has 0 aromatic heterocycles. The van der Waals surface area contributed by atoms with E-state index >= 15 is 0 Å². The lowest BCUT2D eigenvalue weighted by Crippen LogP contribution is -2.04. The Balaban J connectivity index is 2.07. The van der Waals surface area contributed by atoms with Gasteiger partial charge in [-0.3, -0.25) is 0 Å². The smallest absolute Gasteiger partial charge is 0.337 e. The van der Waals surface area contributed by atoms with E-state index in [-0.39, 0.29) is 11.3 Å². The van der Waals surface area contributed by atoms with E-state index in [1.165, 1.54) is 6.07 Å². The van der Waals surface area contributed by atoms with Gasteiger partial charge in [-0.05, 0) is 35.9 Å². The van der Waals surface area contributed by atoms with Crippen molar-refractivity contribution in [1.82, 2.24) is 0 Å². The Morgan fingerprint density at radius 2 is 2.10 bits per heavy atom. The van der Waals surface area contributed by atoms with Gasteiger partial charge in [-0.25, -0.2) is 4.79 Å². The Labute approximate surface area is 117 Å². The summed E-state index contributed by atoms with van der Waals surface area (Å²) in [6.45, 7) is 0.600. The lowest BCUT2D eigenvalue weighted by atomic mass is 10.1. The molecular weight excluding hydrogens is 256 g/mol. The molecule has 0 amide bonds. The van der Waals surface area contributed by atoms with Crippen LogP contribution in [0.1, 0.15) is 15.9 Å². The first-order valence-corrected chi connectivity index (χ1v) is 6.10. The minimum absolute atomic E-state index is 0.108. The van der Waals surface area contributed by atoms with E-state index in [9.17, 15) is 4.79 Å². The molecule has 2 aromatic carbocycles. The van der Waals surface area contributed by atoms with Crippen molar-refractivity contribution in [3.05, 3.63) is 53.6 Å². The summed E-state index contributed by atoms with van der Waals surface area (Å²) in [7, 11) is 1.62. The average molecular weight is 272 g/mol. The number of carbonyl (C=O) groups is 1. The first kappa shape index (κ1) is 13.7. The third-order valence-corrected chi connectivity index (χ3v) is 2.91. The molecule has 104 valence electrons. The van der Waals surface area contributed by atoms with Gasteiger partial charge in [-0.2, -0.15) is 0 Å². The highest BCUT2D eigenvalue weighted by Gasteiger charge is 2.07. The van der Waals surface area contributed by atoms with E-state index in [0.717, 1.165) is 17.0 Å². The van der Waals surface area contributed by atoms with Crippen molar-refractivity contribution >= 4 is 17.3 Å². The number of carboxylic acid groups (broad SMARTS) is 1. The number of anilines is 2. The maximum absolute atomic E-state index is 10.9. The molecule has 2 rings (SSSR count). The first-order valence-electron chi connectivity index (χ1n) is 6.10. The van der Waals surface area contributed by atoms with Crippen molar-refractivity contribution in [3.63, 3.8) is 0 Å². The number of ether oxygens (including phenoxy) is 1. The van der Waals surface area contributed by atoms with E-state index in [0.29, 0.717) is 6.54 Å². The summed E-state index contributed by atoms with van der Waals surface area (Å²) < 4.78 is 5.16. The van der Waals surface area contributed by atoms with Crippen LogP contribution in [0, 0.1) is 0 Å². The molecule has 2 aromatic rings. The van der Waals surface area contributed by atoms with Crippen LogP contribution in [0.4, 0.5) is 11.4 Å². The van der Waals surface area contributed by atoms with Gasteiger partial charge in [0.2, 0.25) is 0 Å². The Bertz CT molecular complexity index is 626. The fraction of sp³-hybridized carbons (Fsp3) is 0.133. The quantitative estimate of drug-likeness (QED) is 0.728. The van der Waals surface area contributed by atoms with Crippen LogP contribution in [0.3, 0.4) is 0 Å². The van der Waals surface area contributed by atoms with Crippen LogP contribution in [0.2, 0.25) is 0 Å². The Morgan fingerprint density at radius 1 is 1.30 bits per heavy atom. The van der Waals surface area contributed by atoms with Crippen molar-refractivity contribution in [1.29, 1.82) is 0 Å². The highest BCUT2D eigenvalue weighted by molar-refractivity contribution is 5.94. The molecule has 0 aliphatic heterocycles. The van der Waals surface area contributed by atoms with E-state index in [2.05, 4.69) is 5.32 Å². The van der Waals surface area contributed by atoms with Crippen molar-refractivity contribution < 1.29 is 14.6 Å². The molecule has 0 saturated carbocycles. The van der Waals surface area contributed by atoms with Crippen LogP contribution in [0.5, 0.6) is 5.75 Å². The second kappa shape index (κ2) is 5.97. The average Bonchev–Trinajstić information content (AvgIpc) is 2.45. The van der Waals surface area contributed by atoms with Crippen LogP contribution in [-0.4, -0.2) is 18.2 Å². The second-order valence-corrected chi connectivity index (χ2v) is 4.31. The van der Waals surface area contributed by atoms with Crippen LogP contribution in [-0.2, 0) is 6.54 Å². The number of aromatic carboxylic acids is 1. The highest BCUT2D eigenvalue weighted by Crippen LogP contribution is 2.19. The summed E-state index contributed by atoms with van der Waals surface area (Å²) in [6.07, 6.45) is 0. The van der Waals surface area contributed by atoms with E-state index in [1.807, 2.05) is 24.3 Å². The predicted molar refractivity (Wildman–Crippen MR) is 78.1 cm³/mol. The third kappa shape index (κ3) is 3.20. The summed E-state index contributed by atoms with van der Waals surface area (Å²) >= 11 is 0. The molecule has 5 heteroatoms. The van der Waals surface area contributed by atoms with Crippen molar-refractivity contribution in [2.75, 3.05) is 18.2 Å². The zero-order valence-corrected chi connectivity index (χ0v) is 11.1. The molecule has 0 fully saturated rings. The monoisotopic (exact) mass is 272 g/mol. The van der Waals surface area contributed by atoms with Crippen molar-refractivity contribution in [3.8, 4) is 5.75 Å². The number of carboxylic acids is 1. The summed E-state index contributed by atoms with van der Waals surface area (Å²) in [5.41, 5.74) is 7.88. The molecule has 0 bridgehead atoms. The Morgan fingerprint density at radius 3 is 2.75 bits per heavy atom. The standard InChI is InChI=1S/C15H16N2O3/c1-20-12-4-2-3-10(7-12)9-17-11-5-6-13(15(18)19)14(16)8-11/h2-8,17H,9,16H2,1H3,(H,18,19). The number of rotatable bonds is 5. The number of hydrogen-bond acceptors (Lipinski definition) is 4. The van der Waals surface area contributed by atoms with Crippen LogP contribution in [0.25, 0.3) is 0 Å². The maximum atomic E-state index is 10.9. The Kier molecular flexibility index (Phi) is 4.10. The number of nitrogens with two attached hydrogens (primary N) is 1. The van der Waals surface area contributed by atoms with Gasteiger partial charge in [0, 0.05) is 17.9 Å². The molecule has 0 unspecified atom stereocenters. The third-order valence-electron chi connectivity index (χ3n) is 2.91. The summed E-state index contributed by atoms with van der Waals surface area (Å²) in [5, 5.41) is 12.1. The number of nitrogens with one attached hydrogen (secondary N) is 1. The van der Waals surface area contributed by atoms with Gasteiger partial charge >= 0.3 is 5.97 Å². The molecule has 0 heterocycles. The van der Waals surface area contributed by atoms with Crippen molar-refractivity contribution in [2.24, 2.45) is 0 Å². The molecule has 5 nitrogen and oxygen atoms in total.